The maximum Gasteiger partial charge on any atom is 0.132 e. The summed E-state index contributed by atoms with van der Waals surface area (Å²) in [5, 5.41) is 3.17. The number of hydrogen-bond donors (Lipinski definition) is 1. The minimum Gasteiger partial charge on any atom is -0.496 e. The molecular formula is C17H21NO2S. The molecule has 0 fully saturated rings. The fourth-order valence-corrected chi connectivity index (χ4v) is 3.16. The van der Waals surface area contributed by atoms with Crippen molar-refractivity contribution in [2.24, 2.45) is 0 Å². The first kappa shape index (κ1) is 15.7. The summed E-state index contributed by atoms with van der Waals surface area (Å²) in [5.41, 5.74) is 2.45. The Morgan fingerprint density at radius 1 is 1.00 bits per heavy atom. The topological polar surface area (TPSA) is 30.5 Å². The summed E-state index contributed by atoms with van der Waals surface area (Å²) >= 11 is 1.76. The van der Waals surface area contributed by atoms with Crippen molar-refractivity contribution in [1.29, 1.82) is 0 Å². The lowest BCUT2D eigenvalue weighted by molar-refractivity contribution is 0.404. The van der Waals surface area contributed by atoms with Crippen LogP contribution >= 0.6 is 11.8 Å². The third-order valence-corrected chi connectivity index (χ3v) is 4.28. The minimum absolute atomic E-state index is 0.848. The standard InChI is InChI=1S/C17H21NO2S/c1-18-11-13-8-9-15(19-2)14(10-13)12-21-17-7-5-4-6-16(17)20-3/h4-10,18H,11-12H2,1-3H3. The van der Waals surface area contributed by atoms with Gasteiger partial charge in [0.05, 0.1) is 14.2 Å². The van der Waals surface area contributed by atoms with E-state index in [0.717, 1.165) is 28.7 Å². The predicted octanol–water partition coefficient (Wildman–Crippen LogP) is 3.72. The quantitative estimate of drug-likeness (QED) is 0.790. The van der Waals surface area contributed by atoms with E-state index in [9.17, 15) is 0 Å². The molecule has 3 nitrogen and oxygen atoms in total. The van der Waals surface area contributed by atoms with Gasteiger partial charge in [-0.2, -0.15) is 0 Å². The van der Waals surface area contributed by atoms with Crippen molar-refractivity contribution in [2.45, 2.75) is 17.2 Å². The Morgan fingerprint density at radius 2 is 1.76 bits per heavy atom. The van der Waals surface area contributed by atoms with Gasteiger partial charge >= 0.3 is 0 Å². The van der Waals surface area contributed by atoms with Crippen molar-refractivity contribution in [3.05, 3.63) is 53.6 Å². The number of methoxy groups -OCH3 is 2. The fourth-order valence-electron chi connectivity index (χ4n) is 2.15. The second-order valence-corrected chi connectivity index (χ2v) is 5.63. The van der Waals surface area contributed by atoms with Gasteiger partial charge in [0.25, 0.3) is 0 Å². The lowest BCUT2D eigenvalue weighted by Crippen LogP contribution is -2.05. The highest BCUT2D eigenvalue weighted by Gasteiger charge is 2.08. The molecule has 4 heteroatoms. The van der Waals surface area contributed by atoms with Crippen LogP contribution < -0.4 is 14.8 Å². The first-order chi connectivity index (χ1) is 10.3. The van der Waals surface area contributed by atoms with Crippen LogP contribution in [0.25, 0.3) is 0 Å². The predicted molar refractivity (Wildman–Crippen MR) is 88.3 cm³/mol. The zero-order valence-electron chi connectivity index (χ0n) is 12.7. The van der Waals surface area contributed by atoms with Crippen molar-refractivity contribution < 1.29 is 9.47 Å². The van der Waals surface area contributed by atoms with Crippen LogP contribution in [0.4, 0.5) is 0 Å². The number of rotatable bonds is 7. The first-order valence-electron chi connectivity index (χ1n) is 6.84. The van der Waals surface area contributed by atoms with E-state index in [-0.39, 0.29) is 0 Å². The molecule has 2 aromatic carbocycles. The lowest BCUT2D eigenvalue weighted by Gasteiger charge is -2.12. The molecule has 2 rings (SSSR count). The van der Waals surface area contributed by atoms with Gasteiger partial charge in [-0.3, -0.25) is 0 Å². The third-order valence-electron chi connectivity index (χ3n) is 3.18. The van der Waals surface area contributed by atoms with Crippen LogP contribution in [-0.2, 0) is 12.3 Å². The summed E-state index contributed by atoms with van der Waals surface area (Å²) in [4.78, 5) is 1.14. The number of hydrogen-bond acceptors (Lipinski definition) is 4. The molecule has 0 atom stereocenters. The summed E-state index contributed by atoms with van der Waals surface area (Å²) in [6.45, 7) is 0.857. The molecule has 0 aromatic heterocycles. The molecule has 0 saturated heterocycles. The van der Waals surface area contributed by atoms with Gasteiger partial charge in [-0.25, -0.2) is 0 Å². The SMILES string of the molecule is CNCc1ccc(OC)c(CSc2ccccc2OC)c1. The molecule has 1 N–H and O–H groups in total. The van der Waals surface area contributed by atoms with Crippen molar-refractivity contribution in [3.63, 3.8) is 0 Å². The van der Waals surface area contributed by atoms with Crippen molar-refractivity contribution in [1.82, 2.24) is 5.32 Å². The second kappa shape index (κ2) is 7.96. The highest BCUT2D eigenvalue weighted by molar-refractivity contribution is 7.98. The Morgan fingerprint density at radius 3 is 2.48 bits per heavy atom. The molecule has 0 aliphatic heterocycles. The Hall–Kier alpha value is -1.65. The van der Waals surface area contributed by atoms with Crippen LogP contribution in [0, 0.1) is 0 Å². The Labute approximate surface area is 130 Å². The molecule has 0 heterocycles. The molecule has 0 aliphatic rings. The normalized spacial score (nSPS) is 10.4. The molecule has 112 valence electrons. The minimum atomic E-state index is 0.848. The van der Waals surface area contributed by atoms with Crippen molar-refractivity contribution in [3.8, 4) is 11.5 Å². The van der Waals surface area contributed by atoms with E-state index in [0.29, 0.717) is 0 Å². The molecular weight excluding hydrogens is 282 g/mol. The summed E-state index contributed by atoms with van der Waals surface area (Å²) in [6, 6.07) is 14.4. The van der Waals surface area contributed by atoms with Crippen LogP contribution in [0.3, 0.4) is 0 Å². The Bertz CT molecular complexity index is 587. The number of benzene rings is 2. The van der Waals surface area contributed by atoms with Crippen molar-refractivity contribution >= 4 is 11.8 Å². The molecule has 0 unspecified atom stereocenters. The molecule has 0 aliphatic carbocycles. The van der Waals surface area contributed by atoms with E-state index in [1.54, 1.807) is 26.0 Å². The summed E-state index contributed by atoms with van der Waals surface area (Å²) < 4.78 is 10.8. The van der Waals surface area contributed by atoms with Crippen molar-refractivity contribution in [2.75, 3.05) is 21.3 Å². The average Bonchev–Trinajstić information content (AvgIpc) is 2.53. The monoisotopic (exact) mass is 303 g/mol. The van der Waals surface area contributed by atoms with Crippen LogP contribution in [0.15, 0.2) is 47.4 Å². The van der Waals surface area contributed by atoms with Crippen LogP contribution in [0.1, 0.15) is 11.1 Å². The van der Waals surface area contributed by atoms with Gasteiger partial charge in [0.1, 0.15) is 11.5 Å². The largest absolute Gasteiger partial charge is 0.496 e. The van der Waals surface area contributed by atoms with Gasteiger partial charge in [-0.15, -0.1) is 11.8 Å². The van der Waals surface area contributed by atoms with Crippen LogP contribution in [0.5, 0.6) is 11.5 Å². The fraction of sp³-hybridized carbons (Fsp3) is 0.294. The zero-order valence-corrected chi connectivity index (χ0v) is 13.5. The number of thioether (sulfide) groups is 1. The average molecular weight is 303 g/mol. The number of ether oxygens (including phenoxy) is 2. The van der Waals surface area contributed by atoms with E-state index >= 15 is 0 Å². The van der Waals surface area contributed by atoms with Crippen LogP contribution in [-0.4, -0.2) is 21.3 Å². The highest BCUT2D eigenvalue weighted by atomic mass is 32.2. The van der Waals surface area contributed by atoms with Gasteiger partial charge in [0.2, 0.25) is 0 Å². The van der Waals surface area contributed by atoms with Crippen LogP contribution in [0.2, 0.25) is 0 Å². The molecule has 0 bridgehead atoms. The molecule has 0 spiro atoms. The van der Waals surface area contributed by atoms with E-state index < -0.39 is 0 Å². The Kier molecular flexibility index (Phi) is 5.96. The zero-order chi connectivity index (χ0) is 15.1. The van der Waals surface area contributed by atoms with E-state index in [1.807, 2.05) is 31.3 Å². The third kappa shape index (κ3) is 4.16. The summed E-state index contributed by atoms with van der Waals surface area (Å²) in [5.74, 6) is 2.69. The second-order valence-electron chi connectivity index (χ2n) is 4.62. The highest BCUT2D eigenvalue weighted by Crippen LogP contribution is 2.33. The van der Waals surface area contributed by atoms with E-state index in [2.05, 4.69) is 23.5 Å². The lowest BCUT2D eigenvalue weighted by atomic mass is 10.1. The van der Waals surface area contributed by atoms with Gasteiger partial charge in [0, 0.05) is 22.8 Å². The number of nitrogens with one attached hydrogen (secondary N) is 1. The maximum absolute atomic E-state index is 5.46. The molecule has 2 aromatic rings. The molecule has 0 saturated carbocycles. The maximum atomic E-state index is 5.46. The Balaban J connectivity index is 2.16. The first-order valence-corrected chi connectivity index (χ1v) is 7.83. The van der Waals surface area contributed by atoms with Gasteiger partial charge in [-0.05, 0) is 36.9 Å². The molecule has 21 heavy (non-hydrogen) atoms. The summed E-state index contributed by atoms with van der Waals surface area (Å²) in [6.07, 6.45) is 0. The smallest absolute Gasteiger partial charge is 0.132 e. The van der Waals surface area contributed by atoms with Gasteiger partial charge in [-0.1, -0.05) is 18.2 Å². The van der Waals surface area contributed by atoms with Gasteiger partial charge < -0.3 is 14.8 Å². The molecule has 0 amide bonds. The van der Waals surface area contributed by atoms with E-state index in [1.165, 1.54) is 11.1 Å². The molecule has 0 radical (unpaired) electrons. The number of para-hydroxylation sites is 1. The van der Waals surface area contributed by atoms with E-state index in [4.69, 9.17) is 9.47 Å². The van der Waals surface area contributed by atoms with Gasteiger partial charge in [0.15, 0.2) is 0 Å². The summed E-state index contributed by atoms with van der Waals surface area (Å²) in [7, 11) is 5.37.